The lowest BCUT2D eigenvalue weighted by Gasteiger charge is -2.25. The van der Waals surface area contributed by atoms with Crippen molar-refractivity contribution < 1.29 is 8.42 Å². The second-order valence-electron chi connectivity index (χ2n) is 6.22. The number of para-hydroxylation sites is 1. The molecule has 0 saturated carbocycles. The Morgan fingerprint density at radius 1 is 1.44 bits per heavy atom. The van der Waals surface area contributed by atoms with Gasteiger partial charge in [-0.1, -0.05) is 36.5 Å². The van der Waals surface area contributed by atoms with Gasteiger partial charge in [0.25, 0.3) is 0 Å². The number of anilines is 2. The third-order valence-corrected chi connectivity index (χ3v) is 7.41. The highest BCUT2D eigenvalue weighted by atomic mass is 32.2. The normalized spacial score (nSPS) is 19.4. The van der Waals surface area contributed by atoms with Gasteiger partial charge in [-0.05, 0) is 43.7 Å². The lowest BCUT2D eigenvalue weighted by atomic mass is 10.2. The average molecular weight is 399 g/mol. The Kier molecular flexibility index (Phi) is 5.57. The van der Waals surface area contributed by atoms with Gasteiger partial charge in [0.15, 0.2) is 13.8 Å². The minimum Gasteiger partial charge on any atom is -0.330 e. The highest BCUT2D eigenvalue weighted by Gasteiger charge is 2.31. The summed E-state index contributed by atoms with van der Waals surface area (Å²) in [5.41, 5.74) is 2.15. The van der Waals surface area contributed by atoms with E-state index in [1.54, 1.807) is 4.68 Å². The van der Waals surface area contributed by atoms with Crippen molar-refractivity contribution in [2.45, 2.75) is 33.0 Å². The van der Waals surface area contributed by atoms with Crippen LogP contribution in [0.3, 0.4) is 0 Å². The van der Waals surface area contributed by atoms with Crippen LogP contribution >= 0.6 is 23.6 Å². The molecule has 1 N–H and O–H groups in total. The minimum atomic E-state index is -2.90. The molecule has 0 unspecified atom stereocenters. The standard InChI is InChI=1S/C16H22N4O2S3/c1-3-19(13-8-9-25(21,22)10-13)11-20-16(23)24-15(18-20)17-14-7-5-4-6-12(14)2/h4-7,13H,3,8-11H2,1-2H3,(H,17,18)/t13-/m0/s1. The Bertz CT molecular complexity index is 904. The third kappa shape index (κ3) is 4.46. The van der Waals surface area contributed by atoms with E-state index in [9.17, 15) is 8.42 Å². The van der Waals surface area contributed by atoms with Gasteiger partial charge in [0, 0.05) is 11.7 Å². The second kappa shape index (κ2) is 7.53. The molecular weight excluding hydrogens is 376 g/mol. The van der Waals surface area contributed by atoms with Crippen molar-refractivity contribution in [3.8, 4) is 0 Å². The molecule has 1 saturated heterocycles. The molecule has 0 radical (unpaired) electrons. The van der Waals surface area contributed by atoms with E-state index in [-0.39, 0.29) is 17.5 Å². The fraction of sp³-hybridized carbons (Fsp3) is 0.500. The van der Waals surface area contributed by atoms with Crippen molar-refractivity contribution in [1.82, 2.24) is 14.7 Å². The number of nitrogens with one attached hydrogen (secondary N) is 1. The SMILES string of the molecule is CCN(Cn1nc(Nc2ccccc2C)sc1=S)[C@H]1CCS(=O)(=O)C1. The molecule has 0 aliphatic carbocycles. The van der Waals surface area contributed by atoms with Crippen molar-refractivity contribution >= 4 is 44.2 Å². The van der Waals surface area contributed by atoms with Crippen LogP contribution < -0.4 is 5.32 Å². The molecule has 3 rings (SSSR count). The number of aryl methyl sites for hydroxylation is 1. The van der Waals surface area contributed by atoms with E-state index >= 15 is 0 Å². The Morgan fingerprint density at radius 2 is 2.20 bits per heavy atom. The van der Waals surface area contributed by atoms with Crippen molar-refractivity contribution in [3.63, 3.8) is 0 Å². The predicted molar refractivity (Wildman–Crippen MR) is 105 cm³/mol. The van der Waals surface area contributed by atoms with Crippen LogP contribution in [-0.2, 0) is 16.5 Å². The summed E-state index contributed by atoms with van der Waals surface area (Å²) >= 11 is 6.87. The minimum absolute atomic E-state index is 0.0476. The molecule has 0 spiro atoms. The molecule has 1 aromatic carbocycles. The van der Waals surface area contributed by atoms with E-state index in [4.69, 9.17) is 12.2 Å². The first-order valence-electron chi connectivity index (χ1n) is 8.23. The van der Waals surface area contributed by atoms with Crippen molar-refractivity contribution in [2.75, 3.05) is 23.4 Å². The summed E-state index contributed by atoms with van der Waals surface area (Å²) in [6, 6.07) is 8.07. The molecule has 1 atom stereocenters. The molecule has 9 heteroatoms. The summed E-state index contributed by atoms with van der Waals surface area (Å²) in [5.74, 6) is 0.503. The van der Waals surface area contributed by atoms with Gasteiger partial charge in [-0.2, -0.15) is 0 Å². The van der Waals surface area contributed by atoms with Crippen molar-refractivity contribution in [2.24, 2.45) is 0 Å². The van der Waals surface area contributed by atoms with Crippen LogP contribution in [0, 0.1) is 10.9 Å². The highest BCUT2D eigenvalue weighted by molar-refractivity contribution is 7.91. The van der Waals surface area contributed by atoms with Gasteiger partial charge in [-0.15, -0.1) is 5.10 Å². The zero-order chi connectivity index (χ0) is 18.0. The van der Waals surface area contributed by atoms with Gasteiger partial charge in [-0.3, -0.25) is 4.90 Å². The molecule has 136 valence electrons. The van der Waals surface area contributed by atoms with E-state index < -0.39 is 9.84 Å². The molecule has 1 aliphatic heterocycles. The number of nitrogens with zero attached hydrogens (tertiary/aromatic N) is 3. The first kappa shape index (κ1) is 18.5. The molecule has 0 amide bonds. The zero-order valence-electron chi connectivity index (χ0n) is 14.3. The van der Waals surface area contributed by atoms with Crippen LogP contribution in [0.4, 0.5) is 10.8 Å². The smallest absolute Gasteiger partial charge is 0.209 e. The van der Waals surface area contributed by atoms with Crippen LogP contribution in [0.2, 0.25) is 0 Å². The maximum Gasteiger partial charge on any atom is 0.209 e. The van der Waals surface area contributed by atoms with Crippen molar-refractivity contribution in [1.29, 1.82) is 0 Å². The van der Waals surface area contributed by atoms with Crippen LogP contribution in [0.15, 0.2) is 24.3 Å². The van der Waals surface area contributed by atoms with E-state index in [0.29, 0.717) is 17.0 Å². The number of benzene rings is 1. The molecule has 6 nitrogen and oxygen atoms in total. The van der Waals surface area contributed by atoms with E-state index in [2.05, 4.69) is 15.3 Å². The summed E-state index contributed by atoms with van der Waals surface area (Å²) in [6.07, 6.45) is 0.682. The summed E-state index contributed by atoms with van der Waals surface area (Å²) < 4.78 is 25.9. The van der Waals surface area contributed by atoms with E-state index in [0.717, 1.165) is 22.9 Å². The average Bonchev–Trinajstić information content (AvgIpc) is 3.09. The first-order valence-corrected chi connectivity index (χ1v) is 11.3. The fourth-order valence-electron chi connectivity index (χ4n) is 2.98. The maximum absolute atomic E-state index is 11.7. The topological polar surface area (TPSA) is 67.2 Å². The highest BCUT2D eigenvalue weighted by Crippen LogP contribution is 2.24. The first-order chi connectivity index (χ1) is 11.9. The number of hydrogen-bond acceptors (Lipinski definition) is 7. The van der Waals surface area contributed by atoms with Crippen LogP contribution in [0.1, 0.15) is 18.9 Å². The molecule has 1 aromatic heterocycles. The Morgan fingerprint density at radius 3 is 2.84 bits per heavy atom. The Labute approximate surface area is 157 Å². The quantitative estimate of drug-likeness (QED) is 0.754. The third-order valence-electron chi connectivity index (χ3n) is 4.44. The molecule has 25 heavy (non-hydrogen) atoms. The van der Waals surface area contributed by atoms with Gasteiger partial charge < -0.3 is 5.32 Å². The van der Waals surface area contributed by atoms with Crippen LogP contribution in [0.25, 0.3) is 0 Å². The molecule has 0 bridgehead atoms. The monoisotopic (exact) mass is 398 g/mol. The fourth-order valence-corrected chi connectivity index (χ4v) is 5.75. The summed E-state index contributed by atoms with van der Waals surface area (Å²) in [5, 5.41) is 8.63. The Hall–Kier alpha value is -1.29. The van der Waals surface area contributed by atoms with Gasteiger partial charge in [0.2, 0.25) is 5.13 Å². The molecule has 2 heterocycles. The second-order valence-corrected chi connectivity index (χ2v) is 10.1. The lowest BCUT2D eigenvalue weighted by molar-refractivity contribution is 0.165. The molecule has 1 aliphatic rings. The number of aromatic nitrogens is 2. The van der Waals surface area contributed by atoms with Gasteiger partial charge in [0.1, 0.15) is 0 Å². The van der Waals surface area contributed by atoms with Crippen LogP contribution in [-0.4, -0.2) is 47.2 Å². The van der Waals surface area contributed by atoms with Crippen LogP contribution in [0.5, 0.6) is 0 Å². The predicted octanol–water partition coefficient (Wildman–Crippen LogP) is 3.19. The molecule has 1 fully saturated rings. The van der Waals surface area contributed by atoms with E-state index in [1.165, 1.54) is 11.3 Å². The number of rotatable bonds is 6. The van der Waals surface area contributed by atoms with Gasteiger partial charge in [0.05, 0.1) is 18.2 Å². The zero-order valence-corrected chi connectivity index (χ0v) is 16.8. The summed E-state index contributed by atoms with van der Waals surface area (Å²) in [4.78, 5) is 2.14. The van der Waals surface area contributed by atoms with E-state index in [1.807, 2.05) is 38.1 Å². The summed E-state index contributed by atoms with van der Waals surface area (Å²) in [7, 11) is -2.90. The summed E-state index contributed by atoms with van der Waals surface area (Å²) in [6.45, 7) is 5.35. The molecule has 2 aromatic rings. The maximum atomic E-state index is 11.7. The van der Waals surface area contributed by atoms with Crippen molar-refractivity contribution in [3.05, 3.63) is 33.8 Å². The number of hydrogen-bond donors (Lipinski definition) is 1. The lowest BCUT2D eigenvalue weighted by Crippen LogP contribution is -2.37. The number of sulfone groups is 1. The molecular formula is C16H22N4O2S3. The van der Waals surface area contributed by atoms with Gasteiger partial charge in [-0.25, -0.2) is 13.1 Å². The van der Waals surface area contributed by atoms with Gasteiger partial charge >= 0.3 is 0 Å². The Balaban J connectivity index is 1.74. The largest absolute Gasteiger partial charge is 0.330 e.